The topological polar surface area (TPSA) is 0 Å². The quantitative estimate of drug-likeness (QED) is 0.125. The Bertz CT molecular complexity index is 627. The Hall–Kier alpha value is -0.101. The van der Waals surface area contributed by atoms with Gasteiger partial charge in [-0.05, 0) is 0 Å². The van der Waals surface area contributed by atoms with E-state index in [4.69, 9.17) is 0 Å². The molecule has 0 saturated carbocycles. The summed E-state index contributed by atoms with van der Waals surface area (Å²) in [5.74, 6) is 0. The second kappa shape index (κ2) is 14.1. The fourth-order valence-electron chi connectivity index (χ4n) is 1.83. The zero-order chi connectivity index (χ0) is 15.6. The van der Waals surface area contributed by atoms with E-state index in [-0.39, 0.29) is 34.1 Å². The van der Waals surface area contributed by atoms with Gasteiger partial charge >= 0.3 is 34.1 Å². The molecule has 0 aliphatic rings. The second-order valence-electron chi connectivity index (χ2n) is 4.55. The summed E-state index contributed by atoms with van der Waals surface area (Å²) in [5, 5.41) is 0. The molecular weight excluding hydrogens is 606 g/mol. The van der Waals surface area contributed by atoms with Crippen LogP contribution < -0.4 is 0 Å². The molecule has 4 heteroatoms. The molecule has 0 unspecified atom stereocenters. The van der Waals surface area contributed by atoms with E-state index in [0.29, 0.717) is 0 Å². The third-order valence-electron chi connectivity index (χ3n) is 2.90. The first-order valence-corrected chi connectivity index (χ1v) is 9.09. The Labute approximate surface area is 192 Å². The first kappa shape index (κ1) is 23.9. The Morgan fingerprint density at radius 1 is 0.583 bits per heavy atom. The van der Waals surface area contributed by atoms with Gasteiger partial charge in [-0.2, -0.15) is 83.9 Å². The van der Waals surface area contributed by atoms with Crippen LogP contribution in [0.2, 0.25) is 0 Å². The standard InChI is InChI=1S/C10H8.2C5H4I.2Fe/c1-2-6-9(5-1)10-7-3-4-8-10;2*6-5-3-1-2-4-5;;/h1-8H;2*1-4H;;/q-2;2*-1;2*+2. The van der Waals surface area contributed by atoms with E-state index < -0.39 is 0 Å². The van der Waals surface area contributed by atoms with Crippen molar-refractivity contribution in [2.75, 3.05) is 0 Å². The molecule has 0 spiro atoms. The van der Waals surface area contributed by atoms with Crippen molar-refractivity contribution in [2.24, 2.45) is 0 Å². The van der Waals surface area contributed by atoms with Crippen molar-refractivity contribution < 1.29 is 34.1 Å². The fourth-order valence-corrected chi connectivity index (χ4v) is 2.66. The summed E-state index contributed by atoms with van der Waals surface area (Å²) in [6, 6.07) is 33.1. The molecular formula is C20H16Fe2I2. The van der Waals surface area contributed by atoms with E-state index in [1.807, 2.05) is 24.3 Å². The molecule has 24 heavy (non-hydrogen) atoms. The molecule has 0 atom stereocenters. The van der Waals surface area contributed by atoms with E-state index in [0.717, 1.165) is 0 Å². The molecule has 4 rings (SSSR count). The van der Waals surface area contributed by atoms with Gasteiger partial charge in [0.1, 0.15) is 0 Å². The summed E-state index contributed by atoms with van der Waals surface area (Å²) < 4.78 is 2.63. The first-order valence-electron chi connectivity index (χ1n) is 6.94. The third kappa shape index (κ3) is 9.40. The summed E-state index contributed by atoms with van der Waals surface area (Å²) >= 11 is 4.55. The molecule has 0 saturated heterocycles. The van der Waals surface area contributed by atoms with Crippen LogP contribution in [0.4, 0.5) is 0 Å². The van der Waals surface area contributed by atoms with Crippen molar-refractivity contribution in [3.8, 4) is 11.1 Å². The van der Waals surface area contributed by atoms with Crippen LogP contribution in [0.15, 0.2) is 97.1 Å². The molecule has 4 aromatic carbocycles. The van der Waals surface area contributed by atoms with Crippen molar-refractivity contribution >= 4 is 45.2 Å². The average Bonchev–Trinajstić information content (AvgIpc) is 3.30. The van der Waals surface area contributed by atoms with Crippen LogP contribution in [0.25, 0.3) is 11.1 Å². The fraction of sp³-hybridized carbons (Fsp3) is 0. The molecule has 0 nitrogen and oxygen atoms in total. The minimum absolute atomic E-state index is 0. The number of hydrogen-bond donors (Lipinski definition) is 0. The van der Waals surface area contributed by atoms with Crippen LogP contribution in [-0.4, -0.2) is 0 Å². The molecule has 0 radical (unpaired) electrons. The van der Waals surface area contributed by atoms with Gasteiger partial charge in [-0.1, -0.05) is 45.2 Å². The zero-order valence-electron chi connectivity index (χ0n) is 12.7. The van der Waals surface area contributed by atoms with Gasteiger partial charge in [-0.25, -0.2) is 24.3 Å². The molecule has 0 aromatic heterocycles. The van der Waals surface area contributed by atoms with E-state index in [1.165, 1.54) is 18.3 Å². The molecule has 0 heterocycles. The van der Waals surface area contributed by atoms with Crippen molar-refractivity contribution in [3.05, 3.63) is 104 Å². The third-order valence-corrected chi connectivity index (χ3v) is 4.34. The maximum absolute atomic E-state index is 2.28. The van der Waals surface area contributed by atoms with Crippen LogP contribution in [0.5, 0.6) is 0 Å². The van der Waals surface area contributed by atoms with Crippen molar-refractivity contribution in [3.63, 3.8) is 0 Å². The Morgan fingerprint density at radius 2 is 0.917 bits per heavy atom. The van der Waals surface area contributed by atoms with E-state index in [9.17, 15) is 0 Å². The van der Waals surface area contributed by atoms with Gasteiger partial charge in [0.05, 0.1) is 0 Å². The maximum atomic E-state index is 2.28. The van der Waals surface area contributed by atoms with Crippen LogP contribution in [-0.2, 0) is 34.1 Å². The Balaban J connectivity index is 0.000000334. The van der Waals surface area contributed by atoms with Crippen LogP contribution in [0.1, 0.15) is 0 Å². The molecule has 4 aromatic rings. The van der Waals surface area contributed by atoms with Gasteiger partial charge in [0.25, 0.3) is 0 Å². The average molecular weight is 622 g/mol. The first-order chi connectivity index (χ1) is 10.8. The van der Waals surface area contributed by atoms with Gasteiger partial charge in [-0.3, -0.25) is 0 Å². The normalized spacial score (nSPS) is 8.58. The van der Waals surface area contributed by atoms with E-state index in [1.54, 1.807) is 0 Å². The smallest absolute Gasteiger partial charge is 0.213 e. The Morgan fingerprint density at radius 3 is 1.08 bits per heavy atom. The Kier molecular flexibility index (Phi) is 14.0. The predicted molar refractivity (Wildman–Crippen MR) is 113 cm³/mol. The number of hydrogen-bond acceptors (Lipinski definition) is 0. The minimum atomic E-state index is 0. The molecule has 0 aliphatic carbocycles. The molecule has 0 fully saturated rings. The van der Waals surface area contributed by atoms with Crippen LogP contribution >= 0.6 is 45.2 Å². The summed E-state index contributed by atoms with van der Waals surface area (Å²) in [7, 11) is 0. The van der Waals surface area contributed by atoms with Gasteiger partial charge < -0.3 is 0 Å². The predicted octanol–water partition coefficient (Wildman–Crippen LogP) is 6.81. The van der Waals surface area contributed by atoms with Crippen molar-refractivity contribution in [1.82, 2.24) is 0 Å². The van der Waals surface area contributed by atoms with Gasteiger partial charge in [0, 0.05) is 0 Å². The largest absolute Gasteiger partial charge is 2.00 e. The summed E-state index contributed by atoms with van der Waals surface area (Å²) in [5.41, 5.74) is 2.62. The van der Waals surface area contributed by atoms with Crippen LogP contribution in [0.3, 0.4) is 0 Å². The summed E-state index contributed by atoms with van der Waals surface area (Å²) in [6.45, 7) is 0. The van der Waals surface area contributed by atoms with Crippen LogP contribution in [0, 0.1) is 7.14 Å². The molecule has 0 amide bonds. The number of rotatable bonds is 1. The minimum Gasteiger partial charge on any atom is -0.213 e. The molecule has 0 aliphatic heterocycles. The molecule has 0 bridgehead atoms. The zero-order valence-corrected chi connectivity index (χ0v) is 19.2. The van der Waals surface area contributed by atoms with Crippen molar-refractivity contribution in [1.29, 1.82) is 0 Å². The van der Waals surface area contributed by atoms with Crippen molar-refractivity contribution in [2.45, 2.75) is 0 Å². The molecule has 126 valence electrons. The van der Waals surface area contributed by atoms with E-state index >= 15 is 0 Å². The van der Waals surface area contributed by atoms with Gasteiger partial charge in [0.15, 0.2) is 0 Å². The second-order valence-corrected chi connectivity index (χ2v) is 7.04. The number of halogens is 2. The van der Waals surface area contributed by atoms with Gasteiger partial charge in [-0.15, -0.1) is 7.14 Å². The summed E-state index contributed by atoms with van der Waals surface area (Å²) in [4.78, 5) is 0. The SMILES string of the molecule is Ic1ccc[cH-]1.Ic1ccc[cH-]1.[Fe+2].[Fe+2].c1cc[c-](-[c-]2cccc2)c1. The monoisotopic (exact) mass is 622 g/mol. The maximum Gasteiger partial charge on any atom is 2.00 e. The molecule has 0 N–H and O–H groups in total. The van der Waals surface area contributed by atoms with E-state index in [2.05, 4.69) is 118 Å². The summed E-state index contributed by atoms with van der Waals surface area (Å²) in [6.07, 6.45) is 0. The van der Waals surface area contributed by atoms with Gasteiger partial charge in [0.2, 0.25) is 0 Å².